The van der Waals surface area contributed by atoms with Gasteiger partial charge in [-0.15, -0.1) is 0 Å². The summed E-state index contributed by atoms with van der Waals surface area (Å²) in [4.78, 5) is 51.2. The molecule has 3 aliphatic heterocycles. The minimum Gasteiger partial charge on any atom is -0.481 e. The summed E-state index contributed by atoms with van der Waals surface area (Å²) in [6.07, 6.45) is 2.95. The quantitative estimate of drug-likeness (QED) is 0.722. The number of rotatable bonds is 4. The number of nitrogens with zero attached hydrogens (tertiary/aromatic N) is 2. The fourth-order valence-electron chi connectivity index (χ4n) is 4.73. The zero-order valence-electron chi connectivity index (χ0n) is 16.9. The zero-order chi connectivity index (χ0) is 21.3. The number of carbonyl (C=O) groups excluding carboxylic acids is 3. The van der Waals surface area contributed by atoms with Crippen LogP contribution in [-0.4, -0.2) is 59.9 Å². The monoisotopic (exact) mass is 413 g/mol. The van der Waals surface area contributed by atoms with Crippen LogP contribution in [0, 0.1) is 11.8 Å². The Hall–Kier alpha value is -2.90. The van der Waals surface area contributed by atoms with Gasteiger partial charge < -0.3 is 14.9 Å². The molecule has 0 saturated carbocycles. The van der Waals surface area contributed by atoms with E-state index in [2.05, 4.69) is 10.2 Å². The molecule has 3 aliphatic rings. The Morgan fingerprint density at radius 2 is 1.60 bits per heavy atom. The van der Waals surface area contributed by atoms with Crippen LogP contribution in [0.1, 0.15) is 43.6 Å². The number of piperidine rings is 2. The van der Waals surface area contributed by atoms with Gasteiger partial charge >= 0.3 is 5.97 Å². The summed E-state index contributed by atoms with van der Waals surface area (Å²) in [6, 6.07) is 7.89. The largest absolute Gasteiger partial charge is 0.481 e. The van der Waals surface area contributed by atoms with Crippen LogP contribution in [0.2, 0.25) is 0 Å². The molecule has 0 spiro atoms. The second-order valence-corrected chi connectivity index (χ2v) is 8.46. The Labute approximate surface area is 175 Å². The van der Waals surface area contributed by atoms with Crippen molar-refractivity contribution in [3.63, 3.8) is 0 Å². The van der Waals surface area contributed by atoms with Gasteiger partial charge in [-0.3, -0.25) is 24.5 Å². The molecule has 0 radical (unpaired) electrons. The number of hydrogen-bond donors (Lipinski definition) is 2. The molecule has 0 aliphatic carbocycles. The number of benzene rings is 1. The predicted molar refractivity (Wildman–Crippen MR) is 109 cm³/mol. The number of amides is 3. The number of likely N-dealkylation sites (tertiary alicyclic amines) is 1. The Balaban J connectivity index is 1.31. The second-order valence-electron chi connectivity index (χ2n) is 8.46. The lowest BCUT2D eigenvalue weighted by Crippen LogP contribution is -2.42. The summed E-state index contributed by atoms with van der Waals surface area (Å²) in [6.45, 7) is 2.41. The van der Waals surface area contributed by atoms with E-state index in [1.165, 1.54) is 0 Å². The second kappa shape index (κ2) is 8.45. The first-order chi connectivity index (χ1) is 14.4. The van der Waals surface area contributed by atoms with Crippen LogP contribution in [0.3, 0.4) is 0 Å². The van der Waals surface area contributed by atoms with Crippen LogP contribution < -0.4 is 10.2 Å². The van der Waals surface area contributed by atoms with E-state index in [-0.39, 0.29) is 29.6 Å². The minimum atomic E-state index is -0.819. The number of anilines is 1. The van der Waals surface area contributed by atoms with Gasteiger partial charge in [0.2, 0.25) is 17.7 Å². The highest BCUT2D eigenvalue weighted by Crippen LogP contribution is 2.30. The molecule has 30 heavy (non-hydrogen) atoms. The third kappa shape index (κ3) is 4.17. The molecule has 8 heteroatoms. The number of carbonyl (C=O) groups is 4. The Morgan fingerprint density at radius 1 is 0.933 bits per heavy atom. The first kappa shape index (κ1) is 20.4. The van der Waals surface area contributed by atoms with Crippen LogP contribution in [0.5, 0.6) is 0 Å². The molecule has 8 nitrogen and oxygen atoms in total. The smallest absolute Gasteiger partial charge is 0.308 e. The molecule has 4 rings (SSSR count). The molecule has 0 bridgehead atoms. The normalized spacial score (nSPS) is 25.3. The van der Waals surface area contributed by atoms with Gasteiger partial charge in [-0.05, 0) is 43.4 Å². The molecule has 3 fully saturated rings. The first-order valence-electron chi connectivity index (χ1n) is 10.6. The molecule has 2 unspecified atom stereocenters. The predicted octanol–water partition coefficient (Wildman–Crippen LogP) is 1.36. The van der Waals surface area contributed by atoms with Crippen molar-refractivity contribution in [2.75, 3.05) is 31.1 Å². The highest BCUT2D eigenvalue weighted by Gasteiger charge is 2.35. The SMILES string of the molecule is O=C1CCC(c2ccc(N3CCC(C(=O)N4CCC(C(=O)O)C4)CC3)cc2)C(=O)N1. The molecule has 160 valence electrons. The van der Waals surface area contributed by atoms with E-state index in [1.807, 2.05) is 24.3 Å². The molecule has 0 aromatic heterocycles. The highest BCUT2D eigenvalue weighted by atomic mass is 16.4. The van der Waals surface area contributed by atoms with Crippen molar-refractivity contribution >= 4 is 29.4 Å². The van der Waals surface area contributed by atoms with Crippen LogP contribution >= 0.6 is 0 Å². The summed E-state index contributed by atoms with van der Waals surface area (Å²) in [5.74, 6) is -1.93. The van der Waals surface area contributed by atoms with Gasteiger partial charge in [-0.1, -0.05) is 12.1 Å². The molecule has 1 aromatic rings. The maximum atomic E-state index is 12.7. The van der Waals surface area contributed by atoms with Gasteiger partial charge in [0.1, 0.15) is 0 Å². The van der Waals surface area contributed by atoms with Crippen molar-refractivity contribution in [2.45, 2.75) is 38.0 Å². The number of nitrogens with one attached hydrogen (secondary N) is 1. The van der Waals surface area contributed by atoms with Crippen molar-refractivity contribution in [3.05, 3.63) is 29.8 Å². The van der Waals surface area contributed by atoms with Crippen LogP contribution in [-0.2, 0) is 19.2 Å². The zero-order valence-corrected chi connectivity index (χ0v) is 16.9. The summed E-state index contributed by atoms with van der Waals surface area (Å²) in [5.41, 5.74) is 1.97. The Kier molecular flexibility index (Phi) is 5.74. The number of carboxylic acid groups (broad SMARTS) is 1. The lowest BCUT2D eigenvalue weighted by atomic mass is 9.90. The van der Waals surface area contributed by atoms with Crippen molar-refractivity contribution in [1.29, 1.82) is 0 Å². The van der Waals surface area contributed by atoms with E-state index in [1.54, 1.807) is 4.90 Å². The number of imide groups is 1. The van der Waals surface area contributed by atoms with Crippen molar-refractivity contribution < 1.29 is 24.3 Å². The van der Waals surface area contributed by atoms with Crippen molar-refractivity contribution in [2.24, 2.45) is 11.8 Å². The van der Waals surface area contributed by atoms with E-state index in [0.717, 1.165) is 37.2 Å². The van der Waals surface area contributed by atoms with Crippen molar-refractivity contribution in [3.8, 4) is 0 Å². The summed E-state index contributed by atoms with van der Waals surface area (Å²) in [7, 11) is 0. The molecular weight excluding hydrogens is 386 g/mol. The average molecular weight is 413 g/mol. The third-order valence-electron chi connectivity index (χ3n) is 6.59. The number of aliphatic carboxylic acids is 1. The number of hydrogen-bond acceptors (Lipinski definition) is 5. The fraction of sp³-hybridized carbons (Fsp3) is 0.545. The molecule has 2 N–H and O–H groups in total. The maximum Gasteiger partial charge on any atom is 0.308 e. The van der Waals surface area contributed by atoms with Gasteiger partial charge in [-0.2, -0.15) is 0 Å². The van der Waals surface area contributed by atoms with E-state index in [9.17, 15) is 19.2 Å². The topological polar surface area (TPSA) is 107 Å². The molecule has 1 aromatic carbocycles. The van der Waals surface area contributed by atoms with Crippen molar-refractivity contribution in [1.82, 2.24) is 10.2 Å². The standard InChI is InChI=1S/C22H27N3O5/c26-19-6-5-18(20(27)23-19)14-1-3-17(4-2-14)24-10-7-15(8-11-24)21(28)25-12-9-16(13-25)22(29)30/h1-4,15-16,18H,5-13H2,(H,29,30)(H,23,26,27). The third-order valence-corrected chi connectivity index (χ3v) is 6.59. The van der Waals surface area contributed by atoms with Gasteiger partial charge in [0.05, 0.1) is 11.8 Å². The van der Waals surface area contributed by atoms with Crippen LogP contribution in [0.15, 0.2) is 24.3 Å². The Morgan fingerprint density at radius 3 is 2.20 bits per heavy atom. The van der Waals surface area contributed by atoms with Gasteiger partial charge in [-0.25, -0.2) is 0 Å². The summed E-state index contributed by atoms with van der Waals surface area (Å²) in [5, 5.41) is 11.5. The molecule has 3 heterocycles. The molecule has 3 saturated heterocycles. The summed E-state index contributed by atoms with van der Waals surface area (Å²) >= 11 is 0. The average Bonchev–Trinajstić information content (AvgIpc) is 3.24. The number of carboxylic acids is 1. The van der Waals surface area contributed by atoms with Gasteiger partial charge in [0, 0.05) is 44.2 Å². The van der Waals surface area contributed by atoms with E-state index in [0.29, 0.717) is 32.4 Å². The minimum absolute atomic E-state index is 0.0449. The molecular formula is C22H27N3O5. The lowest BCUT2D eigenvalue weighted by molar-refractivity contribution is -0.142. The van der Waals surface area contributed by atoms with E-state index in [4.69, 9.17) is 5.11 Å². The first-order valence-corrected chi connectivity index (χ1v) is 10.6. The Bertz CT molecular complexity index is 845. The maximum absolute atomic E-state index is 12.7. The van der Waals surface area contributed by atoms with Gasteiger partial charge in [0.15, 0.2) is 0 Å². The fourth-order valence-corrected chi connectivity index (χ4v) is 4.73. The van der Waals surface area contributed by atoms with E-state index >= 15 is 0 Å². The summed E-state index contributed by atoms with van der Waals surface area (Å²) < 4.78 is 0. The lowest BCUT2D eigenvalue weighted by Gasteiger charge is -2.34. The van der Waals surface area contributed by atoms with Crippen LogP contribution in [0.25, 0.3) is 0 Å². The van der Waals surface area contributed by atoms with Crippen LogP contribution in [0.4, 0.5) is 5.69 Å². The molecule has 3 amide bonds. The van der Waals surface area contributed by atoms with Gasteiger partial charge in [0.25, 0.3) is 0 Å². The highest BCUT2D eigenvalue weighted by molar-refractivity contribution is 6.00. The van der Waals surface area contributed by atoms with E-state index < -0.39 is 11.9 Å². The molecule has 2 atom stereocenters.